The van der Waals surface area contributed by atoms with E-state index in [-0.39, 0.29) is 23.1 Å². The van der Waals surface area contributed by atoms with Crippen molar-refractivity contribution in [1.29, 1.82) is 0 Å². The molecule has 0 aliphatic carbocycles. The lowest BCUT2D eigenvalue weighted by Gasteiger charge is -2.32. The topological polar surface area (TPSA) is 71.5 Å². The maximum absolute atomic E-state index is 14.6. The summed E-state index contributed by atoms with van der Waals surface area (Å²) in [4.78, 5) is 60.0. The highest BCUT2D eigenvalue weighted by Crippen LogP contribution is 2.44. The molecule has 1 aliphatic heterocycles. The van der Waals surface area contributed by atoms with E-state index < -0.39 is 23.9 Å². The molecule has 0 spiro atoms. The lowest BCUT2D eigenvalue weighted by molar-refractivity contribution is 0.0730. The van der Waals surface area contributed by atoms with Gasteiger partial charge in [0.1, 0.15) is 12.1 Å². The van der Waals surface area contributed by atoms with Gasteiger partial charge in [-0.2, -0.15) is 0 Å². The Balaban J connectivity index is 1.63. The first-order chi connectivity index (χ1) is 21.1. The quantitative estimate of drug-likeness (QED) is 0.181. The fourth-order valence-electron chi connectivity index (χ4n) is 6.16. The molecule has 0 saturated carbocycles. The Kier molecular flexibility index (Phi) is 7.88. The molecule has 0 aromatic heterocycles. The highest BCUT2D eigenvalue weighted by atomic mass is 16.2. The maximum atomic E-state index is 14.6. The fourth-order valence-corrected chi connectivity index (χ4v) is 6.16. The van der Waals surface area contributed by atoms with E-state index in [4.69, 9.17) is 0 Å². The number of carbonyl (C=O) groups is 4. The van der Waals surface area contributed by atoms with Gasteiger partial charge in [0, 0.05) is 27.9 Å². The molecule has 5 heteroatoms. The number of hydrogen-bond acceptors (Lipinski definition) is 5. The molecule has 5 aromatic carbocycles. The van der Waals surface area contributed by atoms with Crippen LogP contribution in [0.15, 0.2) is 152 Å². The Labute approximate surface area is 250 Å². The van der Waals surface area contributed by atoms with Gasteiger partial charge in [-0.1, -0.05) is 140 Å². The molecule has 1 fully saturated rings. The van der Waals surface area contributed by atoms with E-state index in [0.29, 0.717) is 27.9 Å². The lowest BCUT2D eigenvalue weighted by Crippen LogP contribution is -2.47. The van der Waals surface area contributed by atoms with E-state index in [1.54, 1.807) is 102 Å². The minimum absolute atomic E-state index is 0.326. The second-order valence-corrected chi connectivity index (χ2v) is 10.6. The number of rotatable bonds is 9. The first kappa shape index (κ1) is 27.7. The second kappa shape index (κ2) is 12.2. The number of benzene rings is 5. The molecule has 5 aromatic rings. The van der Waals surface area contributed by atoms with Crippen LogP contribution in [-0.2, 0) is 0 Å². The van der Waals surface area contributed by atoms with Crippen LogP contribution >= 0.6 is 0 Å². The van der Waals surface area contributed by atoms with Crippen LogP contribution in [0.1, 0.15) is 41.4 Å². The third-order valence-corrected chi connectivity index (χ3v) is 8.10. The molecule has 5 nitrogen and oxygen atoms in total. The van der Waals surface area contributed by atoms with E-state index in [9.17, 15) is 19.2 Å². The Morgan fingerprint density at radius 3 is 0.907 bits per heavy atom. The van der Waals surface area contributed by atoms with Crippen LogP contribution in [0.25, 0.3) is 0 Å². The Hall–Kier alpha value is -5.42. The number of hydrogen-bond donors (Lipinski definition) is 0. The third-order valence-electron chi connectivity index (χ3n) is 8.10. The molecule has 0 N–H and O–H groups in total. The Bertz CT molecular complexity index is 1630. The van der Waals surface area contributed by atoms with Gasteiger partial charge < -0.3 is 4.90 Å². The van der Waals surface area contributed by atoms with Crippen LogP contribution in [-0.4, -0.2) is 35.2 Å². The molecule has 6 rings (SSSR count). The normalized spacial score (nSPS) is 19.5. The first-order valence-electron chi connectivity index (χ1n) is 14.3. The summed E-state index contributed by atoms with van der Waals surface area (Å²) in [7, 11) is 0. The van der Waals surface area contributed by atoms with Crippen LogP contribution in [0.5, 0.6) is 0 Å². The van der Waals surface area contributed by atoms with Crippen molar-refractivity contribution < 1.29 is 19.2 Å². The minimum atomic E-state index is -1.14. The average molecular weight is 564 g/mol. The van der Waals surface area contributed by atoms with Crippen molar-refractivity contribution in [2.45, 2.75) is 12.1 Å². The summed E-state index contributed by atoms with van der Waals surface area (Å²) in [5, 5.41) is 0. The molecule has 1 aliphatic rings. The van der Waals surface area contributed by atoms with Gasteiger partial charge in [-0.3, -0.25) is 19.2 Å². The van der Waals surface area contributed by atoms with E-state index >= 15 is 0 Å². The molecule has 1 heterocycles. The lowest BCUT2D eigenvalue weighted by atomic mass is 9.75. The minimum Gasteiger partial charge on any atom is -0.349 e. The number of carbonyl (C=O) groups excluding carboxylic acids is 4. The van der Waals surface area contributed by atoms with Gasteiger partial charge >= 0.3 is 0 Å². The van der Waals surface area contributed by atoms with Gasteiger partial charge in [0.05, 0.1) is 11.8 Å². The molecular formula is C38H29NO4. The van der Waals surface area contributed by atoms with E-state index in [1.165, 1.54) is 0 Å². The molecule has 210 valence electrons. The zero-order valence-electron chi connectivity index (χ0n) is 23.3. The molecule has 1 saturated heterocycles. The van der Waals surface area contributed by atoms with Gasteiger partial charge in [0.15, 0.2) is 23.1 Å². The molecule has 0 radical (unpaired) electrons. The van der Waals surface area contributed by atoms with Crippen LogP contribution in [0.2, 0.25) is 0 Å². The third kappa shape index (κ3) is 5.33. The monoisotopic (exact) mass is 563 g/mol. The van der Waals surface area contributed by atoms with Crippen molar-refractivity contribution in [3.8, 4) is 0 Å². The molecular weight excluding hydrogens is 534 g/mol. The van der Waals surface area contributed by atoms with Crippen LogP contribution in [0.4, 0.5) is 5.69 Å². The van der Waals surface area contributed by atoms with Crippen molar-refractivity contribution in [2.24, 2.45) is 11.8 Å². The number of para-hydroxylation sites is 1. The highest BCUT2D eigenvalue weighted by Gasteiger charge is 2.59. The number of Topliss-reactive ketones (excluding diaryl/α,β-unsaturated/α-hetero) is 4. The van der Waals surface area contributed by atoms with Gasteiger partial charge in [-0.25, -0.2) is 0 Å². The smallest absolute Gasteiger partial charge is 0.186 e. The summed E-state index contributed by atoms with van der Waals surface area (Å²) in [6, 6.07) is 41.8. The van der Waals surface area contributed by atoms with Gasteiger partial charge in [0.25, 0.3) is 0 Å². The van der Waals surface area contributed by atoms with Crippen LogP contribution in [0.3, 0.4) is 0 Å². The predicted octanol–water partition coefficient (Wildman–Crippen LogP) is 7.01. The summed E-state index contributed by atoms with van der Waals surface area (Å²) in [5.41, 5.74) is 2.14. The van der Waals surface area contributed by atoms with E-state index in [2.05, 4.69) is 0 Å². The van der Waals surface area contributed by atoms with Gasteiger partial charge in [0.2, 0.25) is 0 Å². The van der Waals surface area contributed by atoms with E-state index in [0.717, 1.165) is 0 Å². The summed E-state index contributed by atoms with van der Waals surface area (Å²) in [6.45, 7) is 0. The average Bonchev–Trinajstić information content (AvgIpc) is 3.45. The zero-order valence-corrected chi connectivity index (χ0v) is 23.3. The van der Waals surface area contributed by atoms with E-state index in [1.807, 2.05) is 54.6 Å². The van der Waals surface area contributed by atoms with Crippen molar-refractivity contribution >= 4 is 28.8 Å². The fraction of sp³-hybridized carbons (Fsp3) is 0.105. The zero-order chi connectivity index (χ0) is 29.8. The Morgan fingerprint density at radius 1 is 0.349 bits per heavy atom. The number of anilines is 1. The number of ketones is 4. The number of nitrogens with zero attached hydrogens (tertiary/aromatic N) is 1. The summed E-state index contributed by atoms with van der Waals surface area (Å²) in [6.07, 6.45) is 0. The highest BCUT2D eigenvalue weighted by molar-refractivity contribution is 6.17. The maximum Gasteiger partial charge on any atom is 0.186 e. The first-order valence-corrected chi connectivity index (χ1v) is 14.3. The summed E-state index contributed by atoms with van der Waals surface area (Å²) in [5.74, 6) is -3.64. The summed E-state index contributed by atoms with van der Waals surface area (Å²) < 4.78 is 0. The standard InChI is InChI=1S/C38H29NO4/c40-35(26-16-6-1-7-17-26)31-32(36(41)27-18-8-2-9-19-27)34(38(43)29-22-12-4-13-23-29)39(30-24-14-5-15-25-30)33(31)37(42)28-20-10-3-11-21-28/h1-25,31-34H. The van der Waals surface area contributed by atoms with Crippen molar-refractivity contribution in [3.63, 3.8) is 0 Å². The molecule has 4 unspecified atom stereocenters. The van der Waals surface area contributed by atoms with Crippen LogP contribution < -0.4 is 4.90 Å². The van der Waals surface area contributed by atoms with Crippen molar-refractivity contribution in [1.82, 2.24) is 0 Å². The molecule has 0 amide bonds. The van der Waals surface area contributed by atoms with Crippen LogP contribution in [0, 0.1) is 11.8 Å². The SMILES string of the molecule is O=C(c1ccccc1)C1C(C(=O)c2ccccc2)C(C(=O)c2ccccc2)N(c2ccccc2)C1C(=O)c1ccccc1. The molecule has 4 atom stereocenters. The summed E-state index contributed by atoms with van der Waals surface area (Å²) >= 11 is 0. The van der Waals surface area contributed by atoms with Crippen molar-refractivity contribution in [2.75, 3.05) is 4.90 Å². The van der Waals surface area contributed by atoms with Gasteiger partial charge in [-0.15, -0.1) is 0 Å². The predicted molar refractivity (Wildman–Crippen MR) is 167 cm³/mol. The van der Waals surface area contributed by atoms with Crippen molar-refractivity contribution in [3.05, 3.63) is 174 Å². The van der Waals surface area contributed by atoms with Gasteiger partial charge in [-0.05, 0) is 12.1 Å². The second-order valence-electron chi connectivity index (χ2n) is 10.6. The molecule has 43 heavy (non-hydrogen) atoms. The largest absolute Gasteiger partial charge is 0.349 e. The molecule has 0 bridgehead atoms. The Morgan fingerprint density at radius 2 is 0.605 bits per heavy atom.